The summed E-state index contributed by atoms with van der Waals surface area (Å²) in [6.07, 6.45) is 0. The molecule has 1 heterocycles. The molecule has 0 fully saturated rings. The van der Waals surface area contributed by atoms with Gasteiger partial charge in [0.1, 0.15) is 5.58 Å². The molecule has 0 radical (unpaired) electrons. The number of fused-ring (bicyclic) bond motifs is 1. The summed E-state index contributed by atoms with van der Waals surface area (Å²) in [6, 6.07) is 5.35. The number of carbonyl (C=O) groups excluding carboxylic acids is 3. The van der Waals surface area contributed by atoms with Gasteiger partial charge in [-0.3, -0.25) is 14.4 Å². The van der Waals surface area contributed by atoms with Gasteiger partial charge in [-0.25, -0.2) is 4.79 Å². The zero-order valence-corrected chi connectivity index (χ0v) is 14.0. The highest BCUT2D eigenvalue weighted by atomic mass is 35.5. The quantitative estimate of drug-likeness (QED) is 0.733. The predicted molar refractivity (Wildman–Crippen MR) is 89.5 cm³/mol. The van der Waals surface area contributed by atoms with Crippen molar-refractivity contribution in [3.8, 4) is 0 Å². The van der Waals surface area contributed by atoms with E-state index in [-0.39, 0.29) is 29.2 Å². The standard InChI is InChI=1S/C16H15ClN2O6/c1-2-18-14(21)7-19-15(22)8-24-16(23)13-6-11(20)10-5-9(17)3-4-12(10)25-13/h3-6H,2,7-8H2,1H3,(H,18,21)(H,19,22). The molecule has 0 aliphatic carbocycles. The monoisotopic (exact) mass is 366 g/mol. The second-order valence-electron chi connectivity index (χ2n) is 4.92. The van der Waals surface area contributed by atoms with Gasteiger partial charge in [0.15, 0.2) is 12.0 Å². The van der Waals surface area contributed by atoms with E-state index in [1.165, 1.54) is 18.2 Å². The fourth-order valence-corrected chi connectivity index (χ4v) is 2.09. The second-order valence-corrected chi connectivity index (χ2v) is 5.36. The molecule has 8 nitrogen and oxygen atoms in total. The molecule has 1 aromatic heterocycles. The lowest BCUT2D eigenvalue weighted by Gasteiger charge is -2.06. The molecule has 0 atom stereocenters. The van der Waals surface area contributed by atoms with E-state index in [2.05, 4.69) is 10.6 Å². The van der Waals surface area contributed by atoms with Crippen LogP contribution >= 0.6 is 11.6 Å². The Hall–Kier alpha value is -2.87. The molecule has 0 aliphatic heterocycles. The van der Waals surface area contributed by atoms with Crippen LogP contribution in [0.5, 0.6) is 0 Å². The molecule has 132 valence electrons. The van der Waals surface area contributed by atoms with Gasteiger partial charge in [0, 0.05) is 17.6 Å². The Kier molecular flexibility index (Phi) is 6.13. The van der Waals surface area contributed by atoms with Crippen LogP contribution in [0, 0.1) is 0 Å². The minimum Gasteiger partial charge on any atom is -0.450 e. The zero-order chi connectivity index (χ0) is 18.4. The van der Waals surface area contributed by atoms with Gasteiger partial charge in [0.2, 0.25) is 11.7 Å². The molecule has 0 spiro atoms. The van der Waals surface area contributed by atoms with Gasteiger partial charge in [-0.2, -0.15) is 0 Å². The Morgan fingerprint density at radius 2 is 1.92 bits per heavy atom. The number of carbonyl (C=O) groups is 3. The summed E-state index contributed by atoms with van der Waals surface area (Å²) in [5.41, 5.74) is -0.291. The lowest BCUT2D eigenvalue weighted by molar-refractivity contribution is -0.127. The van der Waals surface area contributed by atoms with Gasteiger partial charge in [-0.15, -0.1) is 0 Å². The normalized spacial score (nSPS) is 10.3. The molecular formula is C16H15ClN2O6. The Morgan fingerprint density at radius 1 is 1.16 bits per heavy atom. The number of esters is 1. The van der Waals surface area contributed by atoms with Crippen LogP contribution in [0.15, 0.2) is 33.5 Å². The first kappa shape index (κ1) is 18.5. The van der Waals surface area contributed by atoms with Gasteiger partial charge in [0.05, 0.1) is 11.9 Å². The third kappa shape index (κ3) is 5.05. The Bertz CT molecular complexity index is 877. The van der Waals surface area contributed by atoms with Crippen molar-refractivity contribution in [3.05, 3.63) is 45.3 Å². The topological polar surface area (TPSA) is 115 Å². The van der Waals surface area contributed by atoms with E-state index in [0.29, 0.717) is 11.6 Å². The maximum atomic E-state index is 12.0. The van der Waals surface area contributed by atoms with E-state index in [9.17, 15) is 19.2 Å². The first-order valence-electron chi connectivity index (χ1n) is 7.34. The number of rotatable bonds is 6. The van der Waals surface area contributed by atoms with Crippen molar-refractivity contribution in [2.24, 2.45) is 0 Å². The molecule has 0 saturated carbocycles. The van der Waals surface area contributed by atoms with Crippen LogP contribution < -0.4 is 16.1 Å². The van der Waals surface area contributed by atoms with E-state index in [1.54, 1.807) is 6.92 Å². The number of amides is 2. The van der Waals surface area contributed by atoms with Crippen LogP contribution in [0.3, 0.4) is 0 Å². The molecule has 2 amide bonds. The van der Waals surface area contributed by atoms with E-state index in [0.717, 1.165) is 6.07 Å². The highest BCUT2D eigenvalue weighted by Crippen LogP contribution is 2.17. The van der Waals surface area contributed by atoms with Crippen molar-refractivity contribution >= 4 is 40.4 Å². The molecule has 0 saturated heterocycles. The van der Waals surface area contributed by atoms with E-state index >= 15 is 0 Å². The van der Waals surface area contributed by atoms with Crippen LogP contribution in [0.25, 0.3) is 11.0 Å². The van der Waals surface area contributed by atoms with Gasteiger partial charge in [-0.1, -0.05) is 11.6 Å². The van der Waals surface area contributed by atoms with Crippen LogP contribution in [0.2, 0.25) is 5.02 Å². The summed E-state index contributed by atoms with van der Waals surface area (Å²) in [4.78, 5) is 46.6. The van der Waals surface area contributed by atoms with E-state index < -0.39 is 23.9 Å². The summed E-state index contributed by atoms with van der Waals surface area (Å²) in [5, 5.41) is 5.37. The van der Waals surface area contributed by atoms with Crippen molar-refractivity contribution < 1.29 is 23.5 Å². The summed E-state index contributed by atoms with van der Waals surface area (Å²) >= 11 is 5.80. The molecule has 9 heteroatoms. The van der Waals surface area contributed by atoms with Crippen molar-refractivity contribution in [2.45, 2.75) is 6.92 Å². The minimum atomic E-state index is -0.970. The molecule has 0 unspecified atom stereocenters. The van der Waals surface area contributed by atoms with Gasteiger partial charge >= 0.3 is 5.97 Å². The SMILES string of the molecule is CCNC(=O)CNC(=O)COC(=O)c1cc(=O)c2cc(Cl)ccc2o1. The van der Waals surface area contributed by atoms with E-state index in [4.69, 9.17) is 20.8 Å². The number of hydrogen-bond donors (Lipinski definition) is 2. The van der Waals surface area contributed by atoms with Crippen molar-refractivity contribution in [3.63, 3.8) is 0 Å². The predicted octanol–water partition coefficient (Wildman–Crippen LogP) is 0.855. The van der Waals surface area contributed by atoms with Crippen molar-refractivity contribution in [1.82, 2.24) is 10.6 Å². The van der Waals surface area contributed by atoms with Crippen LogP contribution in [-0.2, 0) is 14.3 Å². The van der Waals surface area contributed by atoms with Crippen molar-refractivity contribution in [1.29, 1.82) is 0 Å². The summed E-state index contributed by atoms with van der Waals surface area (Å²) in [6.45, 7) is 1.35. The molecule has 2 N–H and O–H groups in total. The van der Waals surface area contributed by atoms with Crippen LogP contribution in [0.4, 0.5) is 0 Å². The lowest BCUT2D eigenvalue weighted by Crippen LogP contribution is -2.38. The molecule has 25 heavy (non-hydrogen) atoms. The number of hydrogen-bond acceptors (Lipinski definition) is 6. The Labute approximate surface area is 147 Å². The average Bonchev–Trinajstić information content (AvgIpc) is 2.58. The maximum Gasteiger partial charge on any atom is 0.374 e. The number of benzene rings is 1. The van der Waals surface area contributed by atoms with E-state index in [1.807, 2.05) is 0 Å². The Morgan fingerprint density at radius 3 is 2.64 bits per heavy atom. The lowest BCUT2D eigenvalue weighted by atomic mass is 10.2. The number of nitrogens with one attached hydrogen (secondary N) is 2. The minimum absolute atomic E-state index is 0.171. The van der Waals surface area contributed by atoms with Crippen molar-refractivity contribution in [2.75, 3.05) is 19.7 Å². The Balaban J connectivity index is 1.98. The highest BCUT2D eigenvalue weighted by Gasteiger charge is 2.16. The molecule has 0 aliphatic rings. The molecule has 2 rings (SSSR count). The number of likely N-dealkylation sites (N-methyl/N-ethyl adjacent to an activating group) is 1. The first-order chi connectivity index (χ1) is 11.9. The maximum absolute atomic E-state index is 12.0. The third-order valence-corrected chi connectivity index (χ3v) is 3.28. The van der Waals surface area contributed by atoms with Crippen LogP contribution in [-0.4, -0.2) is 37.5 Å². The third-order valence-electron chi connectivity index (χ3n) is 3.04. The molecular weight excluding hydrogens is 352 g/mol. The summed E-state index contributed by atoms with van der Waals surface area (Å²) in [7, 11) is 0. The fraction of sp³-hybridized carbons (Fsp3) is 0.250. The number of ether oxygens (including phenoxy) is 1. The second kappa shape index (κ2) is 8.29. The van der Waals surface area contributed by atoms with Gasteiger partial charge < -0.3 is 19.8 Å². The first-order valence-corrected chi connectivity index (χ1v) is 7.72. The number of halogens is 1. The summed E-state index contributed by atoms with van der Waals surface area (Å²) in [5.74, 6) is -2.32. The molecule has 2 aromatic rings. The molecule has 0 bridgehead atoms. The molecule has 1 aromatic carbocycles. The smallest absolute Gasteiger partial charge is 0.374 e. The zero-order valence-electron chi connectivity index (χ0n) is 13.3. The fourth-order valence-electron chi connectivity index (χ4n) is 1.92. The summed E-state index contributed by atoms with van der Waals surface area (Å²) < 4.78 is 10.1. The largest absolute Gasteiger partial charge is 0.450 e. The average molecular weight is 367 g/mol. The van der Waals surface area contributed by atoms with Gasteiger partial charge in [-0.05, 0) is 25.1 Å². The highest BCUT2D eigenvalue weighted by molar-refractivity contribution is 6.31. The van der Waals surface area contributed by atoms with Crippen LogP contribution in [0.1, 0.15) is 17.5 Å². The van der Waals surface area contributed by atoms with Gasteiger partial charge in [0.25, 0.3) is 5.91 Å².